The van der Waals surface area contributed by atoms with E-state index in [1.54, 1.807) is 12.4 Å². The van der Waals surface area contributed by atoms with Gasteiger partial charge in [0.05, 0.1) is 5.56 Å². The first-order chi connectivity index (χ1) is 8.75. The van der Waals surface area contributed by atoms with Crippen molar-refractivity contribution in [2.45, 2.75) is 25.3 Å². The number of likely N-dealkylation sites (tertiary alicyclic amines) is 1. The van der Waals surface area contributed by atoms with E-state index in [4.69, 9.17) is 5.73 Å². The predicted molar refractivity (Wildman–Crippen MR) is 66.7 cm³/mol. The number of carbonyl (C=O) groups excluding carboxylic acids is 1. The van der Waals surface area contributed by atoms with Crippen LogP contribution in [0.3, 0.4) is 0 Å². The standard InChI is InChI=1S/C13H18N4O/c14-12-3-1-2-9-6-17(7-11(9)12)13(18)10-4-15-8-16-5-10/h4-5,8-9,11-12H,1-3,6-7,14H2. The fourth-order valence-corrected chi connectivity index (χ4v) is 3.27. The van der Waals surface area contributed by atoms with Gasteiger partial charge in [0.2, 0.25) is 0 Å². The van der Waals surface area contributed by atoms with Crippen LogP contribution in [0.25, 0.3) is 0 Å². The van der Waals surface area contributed by atoms with Gasteiger partial charge >= 0.3 is 0 Å². The Bertz CT molecular complexity index is 436. The molecule has 5 nitrogen and oxygen atoms in total. The first-order valence-electron chi connectivity index (χ1n) is 6.55. The first kappa shape index (κ1) is 11.6. The van der Waals surface area contributed by atoms with Gasteiger partial charge in [-0.05, 0) is 24.7 Å². The molecule has 2 heterocycles. The number of hydrogen-bond acceptors (Lipinski definition) is 4. The summed E-state index contributed by atoms with van der Waals surface area (Å²) in [6, 6.07) is 0.258. The minimum absolute atomic E-state index is 0.0391. The molecule has 0 aromatic carbocycles. The zero-order chi connectivity index (χ0) is 12.5. The van der Waals surface area contributed by atoms with Crippen molar-refractivity contribution in [2.24, 2.45) is 17.6 Å². The summed E-state index contributed by atoms with van der Waals surface area (Å²) in [4.78, 5) is 22.0. The second-order valence-corrected chi connectivity index (χ2v) is 5.36. The third kappa shape index (κ3) is 1.99. The van der Waals surface area contributed by atoms with Gasteiger partial charge < -0.3 is 10.6 Å². The molecule has 0 bridgehead atoms. The van der Waals surface area contributed by atoms with Gasteiger partial charge in [-0.1, -0.05) is 6.42 Å². The molecular weight excluding hydrogens is 228 g/mol. The van der Waals surface area contributed by atoms with Crippen LogP contribution in [0.4, 0.5) is 0 Å². The topological polar surface area (TPSA) is 72.1 Å². The smallest absolute Gasteiger partial charge is 0.257 e. The summed E-state index contributed by atoms with van der Waals surface area (Å²) >= 11 is 0. The van der Waals surface area contributed by atoms with Crippen LogP contribution in [0, 0.1) is 11.8 Å². The van der Waals surface area contributed by atoms with Crippen LogP contribution >= 0.6 is 0 Å². The zero-order valence-corrected chi connectivity index (χ0v) is 10.3. The van der Waals surface area contributed by atoms with Crippen LogP contribution in [0.1, 0.15) is 29.6 Å². The second-order valence-electron chi connectivity index (χ2n) is 5.36. The summed E-state index contributed by atoms with van der Waals surface area (Å²) in [7, 11) is 0. The van der Waals surface area contributed by atoms with E-state index in [0.717, 1.165) is 19.5 Å². The number of fused-ring (bicyclic) bond motifs is 1. The molecule has 1 aromatic heterocycles. The number of carbonyl (C=O) groups is 1. The molecule has 2 fully saturated rings. The van der Waals surface area contributed by atoms with Gasteiger partial charge in [-0.25, -0.2) is 9.97 Å². The zero-order valence-electron chi connectivity index (χ0n) is 10.3. The molecule has 1 aromatic rings. The van der Waals surface area contributed by atoms with Crippen molar-refractivity contribution >= 4 is 5.91 Å². The molecule has 2 aliphatic rings. The summed E-state index contributed by atoms with van der Waals surface area (Å²) in [6.45, 7) is 1.63. The third-order valence-corrected chi connectivity index (χ3v) is 4.25. The van der Waals surface area contributed by atoms with E-state index < -0.39 is 0 Å². The van der Waals surface area contributed by atoms with Crippen LogP contribution in [-0.4, -0.2) is 39.9 Å². The highest BCUT2D eigenvalue weighted by atomic mass is 16.2. The monoisotopic (exact) mass is 246 g/mol. The lowest BCUT2D eigenvalue weighted by Gasteiger charge is -2.29. The lowest BCUT2D eigenvalue weighted by Crippen LogP contribution is -2.38. The molecule has 1 saturated carbocycles. The second kappa shape index (κ2) is 4.65. The van der Waals surface area contributed by atoms with Gasteiger partial charge in [0.15, 0.2) is 0 Å². The van der Waals surface area contributed by atoms with Crippen LogP contribution in [0.15, 0.2) is 18.7 Å². The molecule has 3 atom stereocenters. The van der Waals surface area contributed by atoms with Crippen LogP contribution < -0.4 is 5.73 Å². The van der Waals surface area contributed by atoms with Crippen LogP contribution in [-0.2, 0) is 0 Å². The van der Waals surface area contributed by atoms with Crippen molar-refractivity contribution in [2.75, 3.05) is 13.1 Å². The van der Waals surface area contributed by atoms with E-state index in [1.807, 2.05) is 4.90 Å². The summed E-state index contributed by atoms with van der Waals surface area (Å²) in [5.74, 6) is 1.10. The fourth-order valence-electron chi connectivity index (χ4n) is 3.27. The van der Waals surface area contributed by atoms with Gasteiger partial charge in [0.25, 0.3) is 5.91 Å². The maximum Gasteiger partial charge on any atom is 0.257 e. The highest BCUT2D eigenvalue weighted by Gasteiger charge is 2.40. The summed E-state index contributed by atoms with van der Waals surface area (Å²) in [5, 5.41) is 0. The lowest BCUT2D eigenvalue weighted by atomic mass is 9.78. The normalized spacial score (nSPS) is 31.2. The fraction of sp³-hybridized carbons (Fsp3) is 0.615. The van der Waals surface area contributed by atoms with Crippen molar-refractivity contribution in [3.8, 4) is 0 Å². The Hall–Kier alpha value is -1.49. The van der Waals surface area contributed by atoms with Crippen molar-refractivity contribution in [1.82, 2.24) is 14.9 Å². The average molecular weight is 246 g/mol. The molecule has 1 aliphatic carbocycles. The van der Waals surface area contributed by atoms with E-state index in [9.17, 15) is 4.79 Å². The van der Waals surface area contributed by atoms with E-state index in [-0.39, 0.29) is 11.9 Å². The molecule has 18 heavy (non-hydrogen) atoms. The number of amides is 1. The maximum atomic E-state index is 12.3. The van der Waals surface area contributed by atoms with Gasteiger partial charge in [0, 0.05) is 31.5 Å². The van der Waals surface area contributed by atoms with E-state index >= 15 is 0 Å². The molecule has 0 radical (unpaired) electrons. The summed E-state index contributed by atoms with van der Waals surface area (Å²) < 4.78 is 0. The number of nitrogens with two attached hydrogens (primary N) is 1. The lowest BCUT2D eigenvalue weighted by molar-refractivity contribution is 0.0782. The maximum absolute atomic E-state index is 12.3. The molecule has 96 valence electrons. The number of rotatable bonds is 1. The Morgan fingerprint density at radius 3 is 2.78 bits per heavy atom. The van der Waals surface area contributed by atoms with Gasteiger partial charge in [0.1, 0.15) is 6.33 Å². The molecule has 2 N–H and O–H groups in total. The molecule has 1 saturated heterocycles. The van der Waals surface area contributed by atoms with Gasteiger partial charge in [-0.2, -0.15) is 0 Å². The Labute approximate surface area is 106 Å². The minimum Gasteiger partial charge on any atom is -0.338 e. The summed E-state index contributed by atoms with van der Waals surface area (Å²) in [6.07, 6.45) is 8.09. The molecule has 0 spiro atoms. The van der Waals surface area contributed by atoms with Crippen molar-refractivity contribution in [3.05, 3.63) is 24.3 Å². The van der Waals surface area contributed by atoms with E-state index in [1.165, 1.54) is 19.2 Å². The largest absolute Gasteiger partial charge is 0.338 e. The highest BCUT2D eigenvalue weighted by molar-refractivity contribution is 5.93. The van der Waals surface area contributed by atoms with Crippen LogP contribution in [0.5, 0.6) is 0 Å². The first-order valence-corrected chi connectivity index (χ1v) is 6.55. The molecular formula is C13H18N4O. The SMILES string of the molecule is NC1CCCC2CN(C(=O)c3cncnc3)CC12. The molecule has 1 aliphatic heterocycles. The molecule has 5 heteroatoms. The summed E-state index contributed by atoms with van der Waals surface area (Å²) in [5.41, 5.74) is 6.73. The quantitative estimate of drug-likeness (QED) is 0.790. The number of nitrogens with zero attached hydrogens (tertiary/aromatic N) is 3. The third-order valence-electron chi connectivity index (χ3n) is 4.25. The van der Waals surface area contributed by atoms with Gasteiger partial charge in [-0.3, -0.25) is 4.79 Å². The van der Waals surface area contributed by atoms with E-state index in [2.05, 4.69) is 9.97 Å². The molecule has 3 unspecified atom stereocenters. The highest BCUT2D eigenvalue weighted by Crippen LogP contribution is 2.35. The van der Waals surface area contributed by atoms with Crippen molar-refractivity contribution < 1.29 is 4.79 Å². The predicted octanol–water partition coefficient (Wildman–Crippen LogP) is 0.676. The number of hydrogen-bond donors (Lipinski definition) is 1. The van der Waals surface area contributed by atoms with E-state index in [0.29, 0.717) is 17.4 Å². The number of aromatic nitrogens is 2. The molecule has 1 amide bonds. The minimum atomic E-state index is 0.0391. The Kier molecular flexibility index (Phi) is 2.99. The van der Waals surface area contributed by atoms with Crippen LogP contribution in [0.2, 0.25) is 0 Å². The Morgan fingerprint density at radius 2 is 2.06 bits per heavy atom. The molecule has 3 rings (SSSR count). The Balaban J connectivity index is 1.74. The van der Waals surface area contributed by atoms with Crippen molar-refractivity contribution in [1.29, 1.82) is 0 Å². The van der Waals surface area contributed by atoms with Gasteiger partial charge in [-0.15, -0.1) is 0 Å². The van der Waals surface area contributed by atoms with Crippen molar-refractivity contribution in [3.63, 3.8) is 0 Å². The Morgan fingerprint density at radius 1 is 1.28 bits per heavy atom. The average Bonchev–Trinajstić information content (AvgIpc) is 2.84.